The number of aliphatic hydroxyl groups is 1. The molecular weight excluding hydrogens is 504 g/mol. The standard InChI is InChI=1S/C38H76O3/c1-3-5-7-9-10-11-12-13-14-15-16-17-18-21-24-27-31-35-38(40)41-36-32-28-25-22-19-20-23-26-30-34-37(39)33-29-8-6-4-2/h37,39H,3-36H2,1-2H3. The van der Waals surface area contributed by atoms with Crippen LogP contribution < -0.4 is 0 Å². The second-order valence-electron chi connectivity index (χ2n) is 13.1. The van der Waals surface area contributed by atoms with Gasteiger partial charge in [-0.2, -0.15) is 0 Å². The molecule has 246 valence electrons. The molecule has 0 aliphatic heterocycles. The zero-order valence-electron chi connectivity index (χ0n) is 28.4. The number of carbonyl (C=O) groups is 1. The summed E-state index contributed by atoms with van der Waals surface area (Å²) in [5.41, 5.74) is 0. The molecule has 0 saturated heterocycles. The van der Waals surface area contributed by atoms with Gasteiger partial charge in [-0.05, 0) is 25.7 Å². The van der Waals surface area contributed by atoms with Crippen LogP contribution in [0.25, 0.3) is 0 Å². The number of hydrogen-bond donors (Lipinski definition) is 1. The van der Waals surface area contributed by atoms with E-state index < -0.39 is 0 Å². The van der Waals surface area contributed by atoms with E-state index in [9.17, 15) is 9.90 Å². The normalized spacial score (nSPS) is 12.2. The molecule has 0 aromatic carbocycles. The van der Waals surface area contributed by atoms with Gasteiger partial charge in [-0.15, -0.1) is 0 Å². The molecular formula is C38H76O3. The molecule has 3 nitrogen and oxygen atoms in total. The van der Waals surface area contributed by atoms with E-state index in [2.05, 4.69) is 13.8 Å². The fraction of sp³-hybridized carbons (Fsp3) is 0.974. The third-order valence-electron chi connectivity index (χ3n) is 8.82. The van der Waals surface area contributed by atoms with Crippen molar-refractivity contribution >= 4 is 5.97 Å². The fourth-order valence-corrected chi connectivity index (χ4v) is 5.92. The van der Waals surface area contributed by atoms with Crippen LogP contribution in [0.2, 0.25) is 0 Å². The largest absolute Gasteiger partial charge is 0.466 e. The molecule has 0 saturated carbocycles. The molecule has 0 aliphatic rings. The van der Waals surface area contributed by atoms with Crippen LogP contribution in [0.4, 0.5) is 0 Å². The molecule has 0 aliphatic carbocycles. The average Bonchev–Trinajstić information content (AvgIpc) is 2.97. The van der Waals surface area contributed by atoms with E-state index >= 15 is 0 Å². The average molecular weight is 581 g/mol. The van der Waals surface area contributed by atoms with Crippen molar-refractivity contribution in [3.8, 4) is 0 Å². The number of ether oxygens (including phenoxy) is 1. The van der Waals surface area contributed by atoms with Crippen molar-refractivity contribution in [2.75, 3.05) is 6.61 Å². The monoisotopic (exact) mass is 581 g/mol. The van der Waals surface area contributed by atoms with Crippen molar-refractivity contribution in [2.45, 2.75) is 232 Å². The lowest BCUT2D eigenvalue weighted by molar-refractivity contribution is -0.143. The lowest BCUT2D eigenvalue weighted by Gasteiger charge is -2.10. The summed E-state index contributed by atoms with van der Waals surface area (Å²) in [5.74, 6) is 0.0111. The Labute approximate surface area is 258 Å². The first kappa shape index (κ1) is 40.4. The summed E-state index contributed by atoms with van der Waals surface area (Å²) in [5, 5.41) is 10.0. The predicted octanol–water partition coefficient (Wildman–Crippen LogP) is 12.8. The number of esters is 1. The van der Waals surface area contributed by atoms with Crippen molar-refractivity contribution in [1.82, 2.24) is 0 Å². The summed E-state index contributed by atoms with van der Waals surface area (Å²) in [6, 6.07) is 0. The maximum Gasteiger partial charge on any atom is 0.305 e. The number of unbranched alkanes of at least 4 members (excludes halogenated alkanes) is 27. The topological polar surface area (TPSA) is 46.5 Å². The van der Waals surface area contributed by atoms with E-state index in [0.717, 1.165) is 25.7 Å². The smallest absolute Gasteiger partial charge is 0.305 e. The van der Waals surface area contributed by atoms with Crippen molar-refractivity contribution in [3.05, 3.63) is 0 Å². The van der Waals surface area contributed by atoms with E-state index in [0.29, 0.717) is 13.0 Å². The van der Waals surface area contributed by atoms with Crippen molar-refractivity contribution in [3.63, 3.8) is 0 Å². The van der Waals surface area contributed by atoms with Crippen LogP contribution >= 0.6 is 0 Å². The molecule has 3 heteroatoms. The van der Waals surface area contributed by atoms with Gasteiger partial charge in [0.15, 0.2) is 0 Å². The van der Waals surface area contributed by atoms with Crippen molar-refractivity contribution < 1.29 is 14.6 Å². The SMILES string of the molecule is CCCCCCCCCCCCCCCCCCCC(=O)OCCCCCCCCCCCC(O)CCCCCC. The summed E-state index contributed by atoms with van der Waals surface area (Å²) < 4.78 is 5.44. The van der Waals surface area contributed by atoms with Crippen LogP contribution in [0, 0.1) is 0 Å². The molecule has 1 atom stereocenters. The van der Waals surface area contributed by atoms with Crippen LogP contribution in [-0.2, 0) is 9.53 Å². The molecule has 0 radical (unpaired) electrons. The lowest BCUT2D eigenvalue weighted by atomic mass is 10.0. The number of carbonyl (C=O) groups excluding carboxylic acids is 1. The van der Waals surface area contributed by atoms with E-state index in [4.69, 9.17) is 4.74 Å². The second-order valence-corrected chi connectivity index (χ2v) is 13.1. The molecule has 1 unspecified atom stereocenters. The highest BCUT2D eigenvalue weighted by atomic mass is 16.5. The fourth-order valence-electron chi connectivity index (χ4n) is 5.92. The number of aliphatic hydroxyl groups excluding tert-OH is 1. The Morgan fingerprint density at radius 1 is 0.439 bits per heavy atom. The first-order valence-electron chi connectivity index (χ1n) is 19.0. The molecule has 0 aromatic rings. The second kappa shape index (κ2) is 35.6. The summed E-state index contributed by atoms with van der Waals surface area (Å²) >= 11 is 0. The van der Waals surface area contributed by atoms with Gasteiger partial charge in [0.2, 0.25) is 0 Å². The third kappa shape index (κ3) is 35.5. The van der Waals surface area contributed by atoms with Gasteiger partial charge in [-0.3, -0.25) is 4.79 Å². The van der Waals surface area contributed by atoms with Crippen LogP contribution in [0.3, 0.4) is 0 Å². The molecule has 41 heavy (non-hydrogen) atoms. The maximum absolute atomic E-state index is 11.9. The van der Waals surface area contributed by atoms with Gasteiger partial charge in [0.1, 0.15) is 0 Å². The lowest BCUT2D eigenvalue weighted by Crippen LogP contribution is -2.05. The van der Waals surface area contributed by atoms with Gasteiger partial charge in [0.05, 0.1) is 12.7 Å². The quantitative estimate of drug-likeness (QED) is 0.0599. The highest BCUT2D eigenvalue weighted by Crippen LogP contribution is 2.16. The van der Waals surface area contributed by atoms with Gasteiger partial charge in [-0.25, -0.2) is 0 Å². The summed E-state index contributed by atoms with van der Waals surface area (Å²) in [6.45, 7) is 5.13. The predicted molar refractivity (Wildman–Crippen MR) is 181 cm³/mol. The van der Waals surface area contributed by atoms with E-state index in [1.54, 1.807) is 0 Å². The zero-order valence-corrected chi connectivity index (χ0v) is 28.4. The van der Waals surface area contributed by atoms with Crippen LogP contribution in [-0.4, -0.2) is 23.8 Å². The summed E-state index contributed by atoms with van der Waals surface area (Å²) in [4.78, 5) is 11.9. The third-order valence-corrected chi connectivity index (χ3v) is 8.82. The minimum atomic E-state index is -0.0697. The Kier molecular flexibility index (Phi) is 35.1. The zero-order chi connectivity index (χ0) is 29.9. The molecule has 0 spiro atoms. The molecule has 0 amide bonds. The van der Waals surface area contributed by atoms with Gasteiger partial charge in [0.25, 0.3) is 0 Å². The van der Waals surface area contributed by atoms with Gasteiger partial charge < -0.3 is 9.84 Å². The van der Waals surface area contributed by atoms with Crippen molar-refractivity contribution in [1.29, 1.82) is 0 Å². The highest BCUT2D eigenvalue weighted by molar-refractivity contribution is 5.69. The van der Waals surface area contributed by atoms with Gasteiger partial charge >= 0.3 is 5.97 Å². The van der Waals surface area contributed by atoms with E-state index in [1.807, 2.05) is 0 Å². The van der Waals surface area contributed by atoms with Crippen molar-refractivity contribution in [2.24, 2.45) is 0 Å². The maximum atomic E-state index is 11.9. The minimum absolute atomic E-state index is 0.0111. The van der Waals surface area contributed by atoms with E-state index in [-0.39, 0.29) is 12.1 Å². The molecule has 0 aromatic heterocycles. The Hall–Kier alpha value is -0.570. The Morgan fingerprint density at radius 2 is 0.732 bits per heavy atom. The Balaban J connectivity index is 3.19. The summed E-state index contributed by atoms with van der Waals surface area (Å²) in [6.07, 6.45) is 41.9. The Morgan fingerprint density at radius 3 is 1.12 bits per heavy atom. The van der Waals surface area contributed by atoms with Crippen LogP contribution in [0.5, 0.6) is 0 Å². The van der Waals surface area contributed by atoms with Crippen LogP contribution in [0.1, 0.15) is 226 Å². The summed E-state index contributed by atoms with van der Waals surface area (Å²) in [7, 11) is 0. The van der Waals surface area contributed by atoms with Gasteiger partial charge in [0, 0.05) is 6.42 Å². The first-order chi connectivity index (χ1) is 20.2. The van der Waals surface area contributed by atoms with E-state index in [1.165, 1.54) is 180 Å². The number of hydrogen-bond acceptors (Lipinski definition) is 3. The molecule has 0 heterocycles. The Bertz CT molecular complexity index is 492. The molecule has 0 fully saturated rings. The van der Waals surface area contributed by atoms with Crippen LogP contribution in [0.15, 0.2) is 0 Å². The van der Waals surface area contributed by atoms with Gasteiger partial charge in [-0.1, -0.05) is 194 Å². The first-order valence-corrected chi connectivity index (χ1v) is 19.0. The minimum Gasteiger partial charge on any atom is -0.466 e. The highest BCUT2D eigenvalue weighted by Gasteiger charge is 2.04. The molecule has 0 bridgehead atoms. The number of rotatable bonds is 35. The molecule has 0 rings (SSSR count). The molecule has 1 N–H and O–H groups in total.